The van der Waals surface area contributed by atoms with E-state index in [-0.39, 0.29) is 5.91 Å². The molecule has 0 atom stereocenters. The Morgan fingerprint density at radius 1 is 1.18 bits per heavy atom. The fourth-order valence-corrected chi connectivity index (χ4v) is 2.97. The number of sulfonamides is 1. The van der Waals surface area contributed by atoms with Gasteiger partial charge in [-0.05, 0) is 18.4 Å². The van der Waals surface area contributed by atoms with Crippen LogP contribution in [0.4, 0.5) is 0 Å². The van der Waals surface area contributed by atoms with E-state index in [1.165, 1.54) is 10.6 Å². The lowest BCUT2D eigenvalue weighted by molar-refractivity contribution is -0.121. The smallest absolute Gasteiger partial charge is 0.220 e. The summed E-state index contributed by atoms with van der Waals surface area (Å²) in [7, 11) is -3.21. The third-order valence-corrected chi connectivity index (χ3v) is 4.70. The van der Waals surface area contributed by atoms with Crippen molar-refractivity contribution in [2.45, 2.75) is 32.6 Å². The molecule has 0 aliphatic heterocycles. The van der Waals surface area contributed by atoms with Gasteiger partial charge in [0.05, 0.1) is 6.26 Å². The molecule has 0 unspecified atom stereocenters. The fraction of sp³-hybridized carbons (Fsp3) is 0.562. The SMILES string of the molecule is CCCCN(CCNC(=O)CCc1ccccc1)S(C)(=O)=O. The minimum absolute atomic E-state index is 0.0483. The van der Waals surface area contributed by atoms with Gasteiger partial charge >= 0.3 is 0 Å². The van der Waals surface area contributed by atoms with E-state index in [2.05, 4.69) is 5.32 Å². The molecule has 0 spiro atoms. The molecule has 6 heteroatoms. The highest BCUT2D eigenvalue weighted by atomic mass is 32.2. The highest BCUT2D eigenvalue weighted by Gasteiger charge is 2.15. The van der Waals surface area contributed by atoms with Gasteiger partial charge in [-0.3, -0.25) is 4.79 Å². The van der Waals surface area contributed by atoms with Crippen LogP contribution in [0, 0.1) is 0 Å². The summed E-state index contributed by atoms with van der Waals surface area (Å²) in [5, 5.41) is 2.79. The largest absolute Gasteiger partial charge is 0.355 e. The molecular formula is C16H26N2O3S. The maximum Gasteiger partial charge on any atom is 0.220 e. The molecule has 0 aliphatic rings. The van der Waals surface area contributed by atoms with Crippen LogP contribution >= 0.6 is 0 Å². The molecule has 0 aromatic heterocycles. The van der Waals surface area contributed by atoms with Crippen molar-refractivity contribution in [1.29, 1.82) is 0 Å². The van der Waals surface area contributed by atoms with Gasteiger partial charge in [-0.15, -0.1) is 0 Å². The minimum Gasteiger partial charge on any atom is -0.355 e. The lowest BCUT2D eigenvalue weighted by Gasteiger charge is -2.19. The van der Waals surface area contributed by atoms with Crippen LogP contribution in [0.5, 0.6) is 0 Å². The molecule has 1 amide bonds. The maximum absolute atomic E-state index is 11.8. The molecule has 0 bridgehead atoms. The summed E-state index contributed by atoms with van der Waals surface area (Å²) in [6.45, 7) is 3.21. The van der Waals surface area contributed by atoms with E-state index in [1.54, 1.807) is 0 Å². The quantitative estimate of drug-likeness (QED) is 0.713. The van der Waals surface area contributed by atoms with Crippen LogP contribution in [-0.4, -0.2) is 44.5 Å². The summed E-state index contributed by atoms with van der Waals surface area (Å²) in [6, 6.07) is 9.82. The molecule has 0 aliphatic carbocycles. The zero-order valence-corrected chi connectivity index (χ0v) is 14.2. The normalized spacial score (nSPS) is 11.6. The summed E-state index contributed by atoms with van der Waals surface area (Å²) < 4.78 is 24.7. The van der Waals surface area contributed by atoms with Crippen molar-refractivity contribution in [2.24, 2.45) is 0 Å². The Hall–Kier alpha value is -1.40. The van der Waals surface area contributed by atoms with E-state index in [9.17, 15) is 13.2 Å². The van der Waals surface area contributed by atoms with Crippen LogP contribution in [0.25, 0.3) is 0 Å². The lowest BCUT2D eigenvalue weighted by atomic mass is 10.1. The van der Waals surface area contributed by atoms with Crippen LogP contribution in [0.1, 0.15) is 31.7 Å². The van der Waals surface area contributed by atoms with Gasteiger partial charge in [0.2, 0.25) is 15.9 Å². The summed E-state index contributed by atoms with van der Waals surface area (Å²) in [5.41, 5.74) is 1.12. The predicted molar refractivity (Wildman–Crippen MR) is 89.1 cm³/mol. The highest BCUT2D eigenvalue weighted by molar-refractivity contribution is 7.88. The molecule has 124 valence electrons. The first-order valence-corrected chi connectivity index (χ1v) is 9.54. The van der Waals surface area contributed by atoms with Gasteiger partial charge in [0.1, 0.15) is 0 Å². The van der Waals surface area contributed by atoms with Crippen molar-refractivity contribution in [1.82, 2.24) is 9.62 Å². The monoisotopic (exact) mass is 326 g/mol. The number of hydrogen-bond donors (Lipinski definition) is 1. The van der Waals surface area contributed by atoms with Gasteiger partial charge in [0, 0.05) is 26.1 Å². The van der Waals surface area contributed by atoms with Gasteiger partial charge in [0.15, 0.2) is 0 Å². The molecule has 0 radical (unpaired) electrons. The zero-order valence-electron chi connectivity index (χ0n) is 13.4. The average Bonchev–Trinajstić information content (AvgIpc) is 2.48. The third-order valence-electron chi connectivity index (χ3n) is 3.40. The van der Waals surface area contributed by atoms with Crippen molar-refractivity contribution >= 4 is 15.9 Å². The van der Waals surface area contributed by atoms with Gasteiger partial charge in [0.25, 0.3) is 0 Å². The molecule has 5 nitrogen and oxygen atoms in total. The summed E-state index contributed by atoms with van der Waals surface area (Å²) in [4.78, 5) is 11.8. The van der Waals surface area contributed by atoms with Crippen molar-refractivity contribution in [3.05, 3.63) is 35.9 Å². The first kappa shape index (κ1) is 18.6. The Kier molecular flexibility index (Phi) is 8.12. The molecule has 0 saturated heterocycles. The molecule has 0 heterocycles. The van der Waals surface area contributed by atoms with E-state index in [4.69, 9.17) is 0 Å². The van der Waals surface area contributed by atoms with Crippen molar-refractivity contribution in [2.75, 3.05) is 25.9 Å². The van der Waals surface area contributed by atoms with Crippen LogP contribution < -0.4 is 5.32 Å². The van der Waals surface area contributed by atoms with Gasteiger partial charge in [-0.1, -0.05) is 43.7 Å². The molecule has 0 fully saturated rings. The topological polar surface area (TPSA) is 66.5 Å². The van der Waals surface area contributed by atoms with E-state index in [0.717, 1.165) is 18.4 Å². The van der Waals surface area contributed by atoms with Crippen LogP contribution in [-0.2, 0) is 21.2 Å². The Labute approximate surface area is 133 Å². The summed E-state index contributed by atoms with van der Waals surface area (Å²) in [6.07, 6.45) is 4.08. The molecular weight excluding hydrogens is 300 g/mol. The summed E-state index contributed by atoms with van der Waals surface area (Å²) in [5.74, 6) is -0.0483. The van der Waals surface area contributed by atoms with Crippen molar-refractivity contribution in [3.8, 4) is 0 Å². The molecule has 1 aromatic carbocycles. The zero-order chi connectivity index (χ0) is 16.4. The van der Waals surface area contributed by atoms with Crippen molar-refractivity contribution in [3.63, 3.8) is 0 Å². The second kappa shape index (κ2) is 9.58. The van der Waals surface area contributed by atoms with Gasteiger partial charge in [-0.25, -0.2) is 12.7 Å². The average molecular weight is 326 g/mol. The first-order chi connectivity index (χ1) is 10.4. The molecule has 1 aromatic rings. The number of unbranched alkanes of at least 4 members (excludes halogenated alkanes) is 1. The van der Waals surface area contributed by atoms with E-state index in [1.807, 2.05) is 37.3 Å². The Morgan fingerprint density at radius 2 is 1.86 bits per heavy atom. The molecule has 1 rings (SSSR count). The second-order valence-corrected chi connectivity index (χ2v) is 7.33. The Morgan fingerprint density at radius 3 is 2.45 bits per heavy atom. The Bertz CT molecular complexity index is 544. The minimum atomic E-state index is -3.21. The van der Waals surface area contributed by atoms with Crippen LogP contribution in [0.2, 0.25) is 0 Å². The second-order valence-electron chi connectivity index (χ2n) is 5.35. The number of carbonyl (C=O) groups is 1. The van der Waals surface area contributed by atoms with Gasteiger partial charge in [-0.2, -0.15) is 0 Å². The number of benzene rings is 1. The number of nitrogens with one attached hydrogen (secondary N) is 1. The van der Waals surface area contributed by atoms with E-state index in [0.29, 0.717) is 32.5 Å². The number of amides is 1. The molecule has 22 heavy (non-hydrogen) atoms. The number of nitrogens with zero attached hydrogens (tertiary/aromatic N) is 1. The van der Waals surface area contributed by atoms with Crippen LogP contribution in [0.15, 0.2) is 30.3 Å². The fourth-order valence-electron chi connectivity index (χ4n) is 2.09. The van der Waals surface area contributed by atoms with Gasteiger partial charge < -0.3 is 5.32 Å². The maximum atomic E-state index is 11.8. The summed E-state index contributed by atoms with van der Waals surface area (Å²) >= 11 is 0. The number of carbonyl (C=O) groups excluding carboxylic acids is 1. The number of aryl methyl sites for hydroxylation is 1. The first-order valence-electron chi connectivity index (χ1n) is 7.69. The van der Waals surface area contributed by atoms with E-state index < -0.39 is 10.0 Å². The van der Waals surface area contributed by atoms with Crippen LogP contribution in [0.3, 0.4) is 0 Å². The molecule has 1 N–H and O–H groups in total. The lowest BCUT2D eigenvalue weighted by Crippen LogP contribution is -2.38. The predicted octanol–water partition coefficient (Wildman–Crippen LogP) is 1.80. The van der Waals surface area contributed by atoms with Crippen molar-refractivity contribution < 1.29 is 13.2 Å². The highest BCUT2D eigenvalue weighted by Crippen LogP contribution is 2.03. The molecule has 0 saturated carbocycles. The number of rotatable bonds is 10. The van der Waals surface area contributed by atoms with E-state index >= 15 is 0 Å². The Balaban J connectivity index is 2.30. The number of hydrogen-bond acceptors (Lipinski definition) is 3. The third kappa shape index (κ3) is 7.56. The standard InChI is InChI=1S/C16H26N2O3S/c1-3-4-13-18(22(2,20)21)14-12-17-16(19)11-10-15-8-6-5-7-9-15/h5-9H,3-4,10-14H2,1-2H3,(H,17,19).